The number of rotatable bonds is 5. The Balaban J connectivity index is 2.01. The molecule has 0 bridgehead atoms. The largest absolute Gasteiger partial charge is 0.492 e. The monoisotopic (exact) mass is 340 g/mol. The van der Waals surface area contributed by atoms with Gasteiger partial charge in [-0.2, -0.15) is 0 Å². The van der Waals surface area contributed by atoms with Gasteiger partial charge in [0, 0.05) is 23.6 Å². The maximum atomic E-state index is 12.4. The summed E-state index contributed by atoms with van der Waals surface area (Å²) in [6, 6.07) is 9.99. The molecule has 2 heterocycles. The number of hydrogen-bond acceptors (Lipinski definition) is 4. The van der Waals surface area contributed by atoms with Gasteiger partial charge in [0.15, 0.2) is 0 Å². The summed E-state index contributed by atoms with van der Waals surface area (Å²) in [7, 11) is 3.97. The lowest BCUT2D eigenvalue weighted by Crippen LogP contribution is -2.31. The van der Waals surface area contributed by atoms with Crippen LogP contribution < -0.4 is 16.0 Å². The first-order valence-corrected chi connectivity index (χ1v) is 7.88. The number of likely N-dealkylation sites (N-methyl/N-ethyl adjacent to an activating group) is 1. The van der Waals surface area contributed by atoms with Crippen LogP contribution in [0.4, 0.5) is 4.79 Å². The molecule has 130 valence electrons. The first kappa shape index (κ1) is 16.8. The van der Waals surface area contributed by atoms with Crippen LogP contribution in [0.5, 0.6) is 5.75 Å². The highest BCUT2D eigenvalue weighted by atomic mass is 16.5. The summed E-state index contributed by atoms with van der Waals surface area (Å²) in [5.41, 5.74) is 6.60. The number of hydrogen-bond donors (Lipinski definition) is 2. The number of ether oxygens (including phenoxy) is 1. The molecule has 0 spiro atoms. The molecule has 3 rings (SSSR count). The number of fused-ring (bicyclic) bond motifs is 1. The lowest BCUT2D eigenvalue weighted by Gasteiger charge is -2.11. The smallest absolute Gasteiger partial charge is 0.325 e. The second-order valence-corrected chi connectivity index (χ2v) is 5.99. The van der Waals surface area contributed by atoms with Crippen molar-refractivity contribution in [2.75, 3.05) is 27.2 Å². The quantitative estimate of drug-likeness (QED) is 0.741. The van der Waals surface area contributed by atoms with Crippen LogP contribution in [-0.4, -0.2) is 47.7 Å². The lowest BCUT2D eigenvalue weighted by atomic mass is 10.2. The minimum atomic E-state index is -0.810. The van der Waals surface area contributed by atoms with Crippen molar-refractivity contribution < 1.29 is 9.53 Å². The molecule has 1 amide bonds. The molecule has 0 fully saturated rings. The zero-order chi connectivity index (χ0) is 18.0. The van der Waals surface area contributed by atoms with E-state index in [1.54, 1.807) is 12.1 Å². The molecule has 1 aromatic carbocycles. The van der Waals surface area contributed by atoms with Crippen LogP contribution in [0.1, 0.15) is 0 Å². The molecule has 25 heavy (non-hydrogen) atoms. The van der Waals surface area contributed by atoms with Gasteiger partial charge in [-0.05, 0) is 44.4 Å². The average Bonchev–Trinajstić information content (AvgIpc) is 2.99. The molecule has 3 aromatic rings. The predicted octanol–water partition coefficient (Wildman–Crippen LogP) is 1.86. The van der Waals surface area contributed by atoms with E-state index in [1.165, 1.54) is 6.20 Å². The van der Waals surface area contributed by atoms with Crippen molar-refractivity contribution in [3.05, 3.63) is 52.9 Å². The number of aromatic amines is 1. The van der Waals surface area contributed by atoms with Gasteiger partial charge in [-0.15, -0.1) is 0 Å². The number of amides is 1. The highest BCUT2D eigenvalue weighted by molar-refractivity contribution is 5.91. The molecule has 0 aliphatic carbocycles. The van der Waals surface area contributed by atoms with Gasteiger partial charge in [0.05, 0.1) is 11.3 Å². The van der Waals surface area contributed by atoms with Crippen molar-refractivity contribution in [1.29, 1.82) is 0 Å². The molecule has 0 radical (unpaired) electrons. The Morgan fingerprint density at radius 2 is 2.08 bits per heavy atom. The van der Waals surface area contributed by atoms with Crippen molar-refractivity contribution in [1.82, 2.24) is 14.5 Å². The average molecular weight is 340 g/mol. The molecule has 7 heteroatoms. The number of pyridine rings is 1. The van der Waals surface area contributed by atoms with Gasteiger partial charge < -0.3 is 20.4 Å². The van der Waals surface area contributed by atoms with Crippen LogP contribution in [0.25, 0.3) is 22.2 Å². The summed E-state index contributed by atoms with van der Waals surface area (Å²) in [6.07, 6.45) is 1.35. The lowest BCUT2D eigenvalue weighted by molar-refractivity contribution is 0.249. The number of benzene rings is 1. The number of H-pyrrole nitrogens is 1. The molecule has 0 unspecified atom stereocenters. The number of primary amides is 1. The third-order valence-corrected chi connectivity index (χ3v) is 3.90. The second-order valence-electron chi connectivity index (χ2n) is 5.99. The molecule has 0 atom stereocenters. The number of nitrogens with two attached hydrogens (primary N) is 1. The third-order valence-electron chi connectivity index (χ3n) is 3.90. The molecule has 3 N–H and O–H groups in total. The summed E-state index contributed by atoms with van der Waals surface area (Å²) in [4.78, 5) is 29.0. The van der Waals surface area contributed by atoms with Crippen LogP contribution in [0.15, 0.2) is 47.4 Å². The number of carbonyl (C=O) groups is 1. The topological polar surface area (TPSA) is 93.3 Å². The van der Waals surface area contributed by atoms with E-state index in [-0.39, 0.29) is 0 Å². The summed E-state index contributed by atoms with van der Waals surface area (Å²) in [5, 5.41) is 0.880. The Bertz CT molecular complexity index is 972. The summed E-state index contributed by atoms with van der Waals surface area (Å²) < 4.78 is 6.74. The van der Waals surface area contributed by atoms with E-state index in [9.17, 15) is 9.59 Å². The Labute approximate surface area is 144 Å². The molecule has 0 saturated carbocycles. The van der Waals surface area contributed by atoms with Crippen molar-refractivity contribution >= 4 is 16.9 Å². The standard InChI is InChI=1S/C18H20N4O3/c1-21(2)9-10-25-16-7-3-6-14-13(16)11-15(20-14)12-5-4-8-22(17(12)23)18(19)24/h3-8,11,20H,9-10H2,1-2H3,(H2,19,24). The minimum absolute atomic E-state index is 0.372. The maximum absolute atomic E-state index is 12.4. The predicted molar refractivity (Wildman–Crippen MR) is 97.0 cm³/mol. The van der Waals surface area contributed by atoms with E-state index in [1.807, 2.05) is 43.3 Å². The fourth-order valence-corrected chi connectivity index (χ4v) is 2.61. The number of aromatic nitrogens is 2. The minimum Gasteiger partial charge on any atom is -0.492 e. The molecule has 0 saturated heterocycles. The fraction of sp³-hybridized carbons (Fsp3) is 0.222. The van der Waals surface area contributed by atoms with E-state index in [2.05, 4.69) is 4.98 Å². The van der Waals surface area contributed by atoms with Crippen LogP contribution >= 0.6 is 0 Å². The first-order valence-electron chi connectivity index (χ1n) is 7.88. The van der Waals surface area contributed by atoms with Gasteiger partial charge in [0.1, 0.15) is 12.4 Å². The molecule has 2 aromatic heterocycles. The van der Waals surface area contributed by atoms with Crippen LogP contribution in [0.2, 0.25) is 0 Å². The SMILES string of the molecule is CN(C)CCOc1cccc2[nH]c(-c3cccn(C(N)=O)c3=O)cc12. The van der Waals surface area contributed by atoms with Gasteiger partial charge in [-0.1, -0.05) is 6.07 Å². The Hall–Kier alpha value is -3.06. The van der Waals surface area contributed by atoms with Crippen molar-refractivity contribution in [3.63, 3.8) is 0 Å². The highest BCUT2D eigenvalue weighted by Gasteiger charge is 2.13. The van der Waals surface area contributed by atoms with Crippen molar-refractivity contribution in [2.24, 2.45) is 5.73 Å². The molecule has 7 nitrogen and oxygen atoms in total. The molecule has 0 aliphatic heterocycles. The van der Waals surface area contributed by atoms with Gasteiger partial charge in [-0.3, -0.25) is 4.79 Å². The molecular weight excluding hydrogens is 320 g/mol. The van der Waals surface area contributed by atoms with E-state index >= 15 is 0 Å². The van der Waals surface area contributed by atoms with Crippen LogP contribution in [0, 0.1) is 0 Å². The third kappa shape index (κ3) is 3.41. The zero-order valence-corrected chi connectivity index (χ0v) is 14.2. The van der Waals surface area contributed by atoms with E-state index in [4.69, 9.17) is 10.5 Å². The van der Waals surface area contributed by atoms with Crippen LogP contribution in [0.3, 0.4) is 0 Å². The Morgan fingerprint density at radius 1 is 1.28 bits per heavy atom. The van der Waals surface area contributed by atoms with Gasteiger partial charge in [0.2, 0.25) is 0 Å². The normalized spacial score (nSPS) is 11.2. The summed E-state index contributed by atoms with van der Waals surface area (Å²) in [5.74, 6) is 0.744. The maximum Gasteiger partial charge on any atom is 0.325 e. The molecular formula is C18H20N4O3. The Morgan fingerprint density at radius 3 is 2.80 bits per heavy atom. The zero-order valence-electron chi connectivity index (χ0n) is 14.2. The van der Waals surface area contributed by atoms with Crippen molar-refractivity contribution in [2.45, 2.75) is 0 Å². The summed E-state index contributed by atoms with van der Waals surface area (Å²) >= 11 is 0. The van der Waals surface area contributed by atoms with Gasteiger partial charge in [-0.25, -0.2) is 9.36 Å². The van der Waals surface area contributed by atoms with Gasteiger partial charge in [0.25, 0.3) is 5.56 Å². The van der Waals surface area contributed by atoms with E-state index in [0.717, 1.165) is 27.8 Å². The summed E-state index contributed by atoms with van der Waals surface area (Å²) in [6.45, 7) is 1.36. The van der Waals surface area contributed by atoms with E-state index in [0.29, 0.717) is 17.9 Å². The number of nitrogens with one attached hydrogen (secondary N) is 1. The number of nitrogens with zero attached hydrogens (tertiary/aromatic N) is 2. The second kappa shape index (κ2) is 6.82. The highest BCUT2D eigenvalue weighted by Crippen LogP contribution is 2.29. The Kier molecular flexibility index (Phi) is 4.58. The number of carbonyl (C=O) groups excluding carboxylic acids is 1. The first-order chi connectivity index (χ1) is 12.0. The molecule has 0 aliphatic rings. The van der Waals surface area contributed by atoms with E-state index < -0.39 is 11.6 Å². The van der Waals surface area contributed by atoms with Crippen LogP contribution in [-0.2, 0) is 0 Å². The van der Waals surface area contributed by atoms with Crippen molar-refractivity contribution in [3.8, 4) is 17.0 Å². The fourth-order valence-electron chi connectivity index (χ4n) is 2.61. The van der Waals surface area contributed by atoms with Gasteiger partial charge >= 0.3 is 6.03 Å².